The maximum absolute atomic E-state index is 12.2. The maximum Gasteiger partial charge on any atom is 0.348 e. The molecule has 0 fully saturated rings. The predicted octanol–water partition coefficient (Wildman–Crippen LogP) is 4.42. The van der Waals surface area contributed by atoms with Gasteiger partial charge in [0.15, 0.2) is 0 Å². The monoisotopic (exact) mass is 330 g/mol. The molecule has 2 aromatic carbocycles. The number of halogens is 2. The van der Waals surface area contributed by atoms with Crippen molar-refractivity contribution in [3.05, 3.63) is 75.1 Å². The second-order valence-corrected chi connectivity index (χ2v) is 5.65. The molecule has 0 amide bonds. The van der Waals surface area contributed by atoms with Crippen LogP contribution in [-0.2, 0) is 7.05 Å². The van der Waals surface area contributed by atoms with E-state index in [9.17, 15) is 4.79 Å². The minimum Gasteiger partial charge on any atom is -0.295 e. The normalized spacial score (nSPS) is 10.7. The van der Waals surface area contributed by atoms with Crippen LogP contribution in [0.5, 0.6) is 0 Å². The lowest BCUT2D eigenvalue weighted by molar-refractivity contribution is 0.822. The average Bonchev–Trinajstić information content (AvgIpc) is 2.52. The summed E-state index contributed by atoms with van der Waals surface area (Å²) in [5.41, 5.74) is 2.37. The van der Waals surface area contributed by atoms with Gasteiger partial charge in [0.1, 0.15) is 0 Å². The van der Waals surface area contributed by atoms with Gasteiger partial charge in [-0.3, -0.25) is 4.57 Å². The molecule has 110 valence electrons. The quantitative estimate of drug-likeness (QED) is 0.697. The van der Waals surface area contributed by atoms with Crippen LogP contribution in [0.15, 0.2) is 59.4 Å². The van der Waals surface area contributed by atoms with Crippen LogP contribution in [0, 0.1) is 0 Å². The SMILES string of the molecule is Cn1c(-c2c(Cl)cccc2Cl)cc(-c2ccccc2)nc1=O. The van der Waals surface area contributed by atoms with E-state index < -0.39 is 0 Å². The lowest BCUT2D eigenvalue weighted by Crippen LogP contribution is -2.22. The van der Waals surface area contributed by atoms with Gasteiger partial charge in [-0.1, -0.05) is 59.6 Å². The molecule has 1 heterocycles. The summed E-state index contributed by atoms with van der Waals surface area (Å²) >= 11 is 12.5. The molecule has 0 radical (unpaired) electrons. The minimum atomic E-state index is -0.354. The van der Waals surface area contributed by atoms with Crippen LogP contribution >= 0.6 is 23.2 Å². The summed E-state index contributed by atoms with van der Waals surface area (Å²) in [5.74, 6) is 0. The maximum atomic E-state index is 12.2. The molecular formula is C17H12Cl2N2O. The van der Waals surface area contributed by atoms with Gasteiger partial charge >= 0.3 is 5.69 Å². The summed E-state index contributed by atoms with van der Waals surface area (Å²) in [5, 5.41) is 0.987. The second-order valence-electron chi connectivity index (χ2n) is 4.83. The third kappa shape index (κ3) is 2.65. The molecule has 0 saturated carbocycles. The Hall–Kier alpha value is -2.10. The van der Waals surface area contributed by atoms with Crippen molar-refractivity contribution < 1.29 is 0 Å². The smallest absolute Gasteiger partial charge is 0.295 e. The number of nitrogens with zero attached hydrogens (tertiary/aromatic N) is 2. The van der Waals surface area contributed by atoms with Crippen molar-refractivity contribution in [1.82, 2.24) is 9.55 Å². The molecule has 5 heteroatoms. The van der Waals surface area contributed by atoms with E-state index in [-0.39, 0.29) is 5.69 Å². The molecule has 0 N–H and O–H groups in total. The molecule has 0 spiro atoms. The molecule has 0 aliphatic rings. The standard InChI is InChI=1S/C17H12Cl2N2O/c1-21-15(16-12(18)8-5-9-13(16)19)10-14(20-17(21)22)11-6-3-2-4-7-11/h2-10H,1H3. The van der Waals surface area contributed by atoms with Gasteiger partial charge in [-0.15, -0.1) is 0 Å². The van der Waals surface area contributed by atoms with Gasteiger partial charge in [0.05, 0.1) is 21.4 Å². The van der Waals surface area contributed by atoms with Gasteiger partial charge in [-0.25, -0.2) is 4.79 Å². The molecule has 0 unspecified atom stereocenters. The summed E-state index contributed by atoms with van der Waals surface area (Å²) in [6.45, 7) is 0. The summed E-state index contributed by atoms with van der Waals surface area (Å²) in [6.07, 6.45) is 0. The minimum absolute atomic E-state index is 0.354. The Labute approximate surface area is 137 Å². The summed E-state index contributed by atoms with van der Waals surface area (Å²) in [6, 6.07) is 16.6. The molecule has 3 nitrogen and oxygen atoms in total. The van der Waals surface area contributed by atoms with Gasteiger partial charge in [0.25, 0.3) is 0 Å². The number of benzene rings is 2. The highest BCUT2D eigenvalue weighted by molar-refractivity contribution is 6.39. The van der Waals surface area contributed by atoms with E-state index in [1.165, 1.54) is 4.57 Å². The van der Waals surface area contributed by atoms with Gasteiger partial charge in [0.2, 0.25) is 0 Å². The Balaban J connectivity index is 2.29. The van der Waals surface area contributed by atoms with Crippen LogP contribution in [-0.4, -0.2) is 9.55 Å². The predicted molar refractivity (Wildman–Crippen MR) is 90.4 cm³/mol. The van der Waals surface area contributed by atoms with Gasteiger partial charge < -0.3 is 0 Å². The molecule has 1 aromatic heterocycles. The van der Waals surface area contributed by atoms with Crippen molar-refractivity contribution in [2.75, 3.05) is 0 Å². The van der Waals surface area contributed by atoms with Gasteiger partial charge in [-0.05, 0) is 18.2 Å². The van der Waals surface area contributed by atoms with Crippen LogP contribution in [0.4, 0.5) is 0 Å². The van der Waals surface area contributed by atoms with Crippen LogP contribution in [0.3, 0.4) is 0 Å². The number of hydrogen-bond donors (Lipinski definition) is 0. The number of aromatic nitrogens is 2. The Morgan fingerprint density at radius 2 is 1.59 bits per heavy atom. The van der Waals surface area contributed by atoms with Crippen molar-refractivity contribution in [1.29, 1.82) is 0 Å². The number of rotatable bonds is 2. The molecule has 0 bridgehead atoms. The van der Waals surface area contributed by atoms with E-state index in [1.807, 2.05) is 36.4 Å². The highest BCUT2D eigenvalue weighted by Crippen LogP contribution is 2.34. The molecule has 0 aliphatic carbocycles. The van der Waals surface area contributed by atoms with Gasteiger partial charge in [-0.2, -0.15) is 4.98 Å². The first-order chi connectivity index (χ1) is 10.6. The highest BCUT2D eigenvalue weighted by Gasteiger charge is 2.14. The first-order valence-electron chi connectivity index (χ1n) is 6.66. The summed E-state index contributed by atoms with van der Waals surface area (Å²) in [7, 11) is 1.65. The fourth-order valence-corrected chi connectivity index (χ4v) is 2.87. The van der Waals surface area contributed by atoms with Crippen molar-refractivity contribution in [3.63, 3.8) is 0 Å². The lowest BCUT2D eigenvalue weighted by atomic mass is 10.1. The van der Waals surface area contributed by atoms with Crippen LogP contribution in [0.1, 0.15) is 0 Å². The molecule has 0 atom stereocenters. The summed E-state index contributed by atoms with van der Waals surface area (Å²) < 4.78 is 1.44. The zero-order chi connectivity index (χ0) is 15.7. The third-order valence-corrected chi connectivity index (χ3v) is 4.06. The largest absolute Gasteiger partial charge is 0.348 e. The first-order valence-corrected chi connectivity index (χ1v) is 7.41. The summed E-state index contributed by atoms with van der Waals surface area (Å²) in [4.78, 5) is 16.3. The average molecular weight is 331 g/mol. The third-order valence-electron chi connectivity index (χ3n) is 3.43. The van der Waals surface area contributed by atoms with Crippen molar-refractivity contribution >= 4 is 23.2 Å². The van der Waals surface area contributed by atoms with Crippen molar-refractivity contribution in [2.45, 2.75) is 0 Å². The van der Waals surface area contributed by atoms with E-state index in [2.05, 4.69) is 4.98 Å². The Kier molecular flexibility index (Phi) is 4.01. The van der Waals surface area contributed by atoms with E-state index in [1.54, 1.807) is 25.2 Å². The van der Waals surface area contributed by atoms with Crippen molar-refractivity contribution in [2.24, 2.45) is 7.05 Å². The van der Waals surface area contributed by atoms with Crippen LogP contribution < -0.4 is 5.69 Å². The fourth-order valence-electron chi connectivity index (χ4n) is 2.28. The van der Waals surface area contributed by atoms with E-state index in [0.717, 1.165) is 5.56 Å². The molecular weight excluding hydrogens is 319 g/mol. The number of hydrogen-bond acceptors (Lipinski definition) is 2. The highest BCUT2D eigenvalue weighted by atomic mass is 35.5. The second kappa shape index (κ2) is 5.95. The first kappa shape index (κ1) is 14.8. The fraction of sp³-hybridized carbons (Fsp3) is 0.0588. The molecule has 3 rings (SSSR count). The molecule has 3 aromatic rings. The zero-order valence-electron chi connectivity index (χ0n) is 11.8. The van der Waals surface area contributed by atoms with E-state index >= 15 is 0 Å². The zero-order valence-corrected chi connectivity index (χ0v) is 13.3. The molecule has 0 aliphatic heterocycles. The Bertz CT molecular complexity index is 869. The van der Waals surface area contributed by atoms with Crippen LogP contribution in [0.2, 0.25) is 10.0 Å². The van der Waals surface area contributed by atoms with Crippen molar-refractivity contribution in [3.8, 4) is 22.5 Å². The Morgan fingerprint density at radius 1 is 0.955 bits per heavy atom. The lowest BCUT2D eigenvalue weighted by Gasteiger charge is -2.13. The molecule has 22 heavy (non-hydrogen) atoms. The Morgan fingerprint density at radius 3 is 2.23 bits per heavy atom. The van der Waals surface area contributed by atoms with E-state index in [0.29, 0.717) is 27.0 Å². The topological polar surface area (TPSA) is 34.9 Å². The van der Waals surface area contributed by atoms with Gasteiger partial charge in [0, 0.05) is 18.2 Å². The van der Waals surface area contributed by atoms with E-state index in [4.69, 9.17) is 23.2 Å². The van der Waals surface area contributed by atoms with Crippen LogP contribution in [0.25, 0.3) is 22.5 Å². The molecule has 0 saturated heterocycles.